The van der Waals surface area contributed by atoms with E-state index in [0.29, 0.717) is 30.8 Å². The van der Waals surface area contributed by atoms with E-state index in [2.05, 4.69) is 0 Å². The molecular formula is C15H20O4. The van der Waals surface area contributed by atoms with Gasteiger partial charge in [-0.25, -0.2) is 4.79 Å². The van der Waals surface area contributed by atoms with E-state index in [1.54, 1.807) is 38.1 Å². The molecule has 4 heteroatoms. The smallest absolute Gasteiger partial charge is 0.338 e. The van der Waals surface area contributed by atoms with Crippen molar-refractivity contribution < 1.29 is 19.1 Å². The topological polar surface area (TPSA) is 52.6 Å². The van der Waals surface area contributed by atoms with Gasteiger partial charge in [0.25, 0.3) is 0 Å². The Labute approximate surface area is 113 Å². The van der Waals surface area contributed by atoms with Crippen molar-refractivity contribution in [3.05, 3.63) is 35.4 Å². The Balaban J connectivity index is 3.10. The second kappa shape index (κ2) is 7.56. The van der Waals surface area contributed by atoms with Gasteiger partial charge in [0.2, 0.25) is 0 Å². The zero-order valence-electron chi connectivity index (χ0n) is 11.6. The van der Waals surface area contributed by atoms with Crippen molar-refractivity contribution in [1.82, 2.24) is 0 Å². The zero-order chi connectivity index (χ0) is 14.3. The Morgan fingerprint density at radius 2 is 1.68 bits per heavy atom. The van der Waals surface area contributed by atoms with Crippen LogP contribution in [0.2, 0.25) is 0 Å². The molecule has 1 aromatic rings. The maximum Gasteiger partial charge on any atom is 0.338 e. The van der Waals surface area contributed by atoms with E-state index in [9.17, 15) is 9.59 Å². The van der Waals surface area contributed by atoms with Crippen molar-refractivity contribution >= 4 is 11.9 Å². The maximum atomic E-state index is 11.9. The number of rotatable bonds is 6. The van der Waals surface area contributed by atoms with E-state index in [1.807, 2.05) is 6.92 Å². The summed E-state index contributed by atoms with van der Waals surface area (Å²) in [7, 11) is 0. The molecule has 0 saturated carbocycles. The molecule has 1 aromatic carbocycles. The maximum absolute atomic E-state index is 11.9. The fourth-order valence-electron chi connectivity index (χ4n) is 1.95. The Bertz CT molecular complexity index is 440. The summed E-state index contributed by atoms with van der Waals surface area (Å²) in [6.07, 6.45) is 0.579. The molecule has 1 unspecified atom stereocenters. The Morgan fingerprint density at radius 3 is 2.26 bits per heavy atom. The van der Waals surface area contributed by atoms with Gasteiger partial charge in [0.15, 0.2) is 0 Å². The lowest BCUT2D eigenvalue weighted by Gasteiger charge is -2.16. The van der Waals surface area contributed by atoms with Gasteiger partial charge < -0.3 is 9.47 Å². The summed E-state index contributed by atoms with van der Waals surface area (Å²) in [5.41, 5.74) is 1.10. The second-order valence-electron chi connectivity index (χ2n) is 4.02. The average Bonchev–Trinajstić information content (AvgIpc) is 2.41. The van der Waals surface area contributed by atoms with Gasteiger partial charge in [-0.1, -0.05) is 25.1 Å². The molecule has 19 heavy (non-hydrogen) atoms. The Kier molecular flexibility index (Phi) is 6.06. The number of carbonyl (C=O) groups is 2. The summed E-state index contributed by atoms with van der Waals surface area (Å²) in [4.78, 5) is 23.8. The van der Waals surface area contributed by atoms with Crippen molar-refractivity contribution in [3.63, 3.8) is 0 Å². The summed E-state index contributed by atoms with van der Waals surface area (Å²) >= 11 is 0. The van der Waals surface area contributed by atoms with Crippen LogP contribution in [0.4, 0.5) is 0 Å². The average molecular weight is 264 g/mol. The van der Waals surface area contributed by atoms with Crippen LogP contribution in [0.1, 0.15) is 49.0 Å². The SMILES string of the molecule is CCOC(=O)c1ccccc1C(CC)C(=O)OCC. The summed E-state index contributed by atoms with van der Waals surface area (Å²) in [5, 5.41) is 0. The minimum Gasteiger partial charge on any atom is -0.466 e. The molecule has 0 N–H and O–H groups in total. The van der Waals surface area contributed by atoms with Crippen molar-refractivity contribution in [3.8, 4) is 0 Å². The van der Waals surface area contributed by atoms with Gasteiger partial charge in [0.05, 0.1) is 24.7 Å². The molecule has 0 radical (unpaired) electrons. The van der Waals surface area contributed by atoms with Gasteiger partial charge in [-0.05, 0) is 31.9 Å². The molecule has 4 nitrogen and oxygen atoms in total. The van der Waals surface area contributed by atoms with E-state index < -0.39 is 11.9 Å². The molecule has 0 aliphatic rings. The number of ether oxygens (including phenoxy) is 2. The van der Waals surface area contributed by atoms with Crippen LogP contribution in [0.5, 0.6) is 0 Å². The number of hydrogen-bond acceptors (Lipinski definition) is 4. The van der Waals surface area contributed by atoms with Crippen molar-refractivity contribution in [2.24, 2.45) is 0 Å². The fourth-order valence-corrected chi connectivity index (χ4v) is 1.95. The Morgan fingerprint density at radius 1 is 1.05 bits per heavy atom. The predicted octanol–water partition coefficient (Wildman–Crippen LogP) is 2.92. The van der Waals surface area contributed by atoms with E-state index in [1.165, 1.54) is 0 Å². The van der Waals surface area contributed by atoms with Gasteiger partial charge in [0.1, 0.15) is 0 Å². The minimum atomic E-state index is -0.430. The quantitative estimate of drug-likeness (QED) is 0.741. The van der Waals surface area contributed by atoms with Gasteiger partial charge >= 0.3 is 11.9 Å². The monoisotopic (exact) mass is 264 g/mol. The normalized spacial score (nSPS) is 11.7. The molecule has 1 atom stereocenters. The lowest BCUT2D eigenvalue weighted by atomic mass is 9.92. The number of benzene rings is 1. The summed E-state index contributed by atoms with van der Waals surface area (Å²) in [5.74, 6) is -1.14. The highest BCUT2D eigenvalue weighted by atomic mass is 16.5. The van der Waals surface area contributed by atoms with E-state index in [-0.39, 0.29) is 5.97 Å². The van der Waals surface area contributed by atoms with Gasteiger partial charge in [-0.2, -0.15) is 0 Å². The lowest BCUT2D eigenvalue weighted by molar-refractivity contribution is -0.145. The first-order valence-corrected chi connectivity index (χ1v) is 6.58. The molecule has 1 rings (SSSR count). The molecule has 0 heterocycles. The highest BCUT2D eigenvalue weighted by molar-refractivity contribution is 5.93. The lowest BCUT2D eigenvalue weighted by Crippen LogP contribution is -2.19. The minimum absolute atomic E-state index is 0.304. The third-order valence-electron chi connectivity index (χ3n) is 2.81. The molecule has 0 aliphatic heterocycles. The largest absolute Gasteiger partial charge is 0.466 e. The fraction of sp³-hybridized carbons (Fsp3) is 0.467. The third kappa shape index (κ3) is 3.81. The summed E-state index contributed by atoms with van der Waals surface area (Å²) in [6, 6.07) is 7.01. The van der Waals surface area contributed by atoms with Crippen LogP contribution < -0.4 is 0 Å². The molecular weight excluding hydrogens is 244 g/mol. The Hall–Kier alpha value is -1.84. The molecule has 0 fully saturated rings. The van der Waals surface area contributed by atoms with Crippen molar-refractivity contribution in [1.29, 1.82) is 0 Å². The standard InChI is InChI=1S/C15H20O4/c1-4-11(14(16)18-5-2)12-9-7-8-10-13(12)15(17)19-6-3/h7-11H,4-6H2,1-3H3. The molecule has 0 bridgehead atoms. The summed E-state index contributed by atoms with van der Waals surface area (Å²) in [6.45, 7) is 6.05. The van der Waals surface area contributed by atoms with Gasteiger partial charge in [0, 0.05) is 0 Å². The first-order valence-electron chi connectivity index (χ1n) is 6.58. The van der Waals surface area contributed by atoms with Crippen LogP contribution in [0.3, 0.4) is 0 Å². The van der Waals surface area contributed by atoms with Gasteiger partial charge in [-0.3, -0.25) is 4.79 Å². The van der Waals surface area contributed by atoms with E-state index in [4.69, 9.17) is 9.47 Å². The zero-order valence-corrected chi connectivity index (χ0v) is 11.6. The number of esters is 2. The predicted molar refractivity (Wildman–Crippen MR) is 72.1 cm³/mol. The molecule has 0 saturated heterocycles. The summed E-state index contributed by atoms with van der Waals surface area (Å²) < 4.78 is 10.1. The van der Waals surface area contributed by atoms with Crippen LogP contribution in [-0.4, -0.2) is 25.2 Å². The first-order chi connectivity index (χ1) is 9.15. The van der Waals surface area contributed by atoms with Crippen LogP contribution in [0, 0.1) is 0 Å². The molecule has 0 spiro atoms. The third-order valence-corrected chi connectivity index (χ3v) is 2.81. The highest BCUT2D eigenvalue weighted by Crippen LogP contribution is 2.25. The molecule has 0 amide bonds. The first kappa shape index (κ1) is 15.2. The number of carbonyl (C=O) groups excluding carboxylic acids is 2. The van der Waals surface area contributed by atoms with Crippen molar-refractivity contribution in [2.75, 3.05) is 13.2 Å². The van der Waals surface area contributed by atoms with E-state index >= 15 is 0 Å². The van der Waals surface area contributed by atoms with Crippen LogP contribution in [0.25, 0.3) is 0 Å². The highest BCUT2D eigenvalue weighted by Gasteiger charge is 2.25. The number of hydrogen-bond donors (Lipinski definition) is 0. The van der Waals surface area contributed by atoms with Crippen LogP contribution in [-0.2, 0) is 14.3 Å². The van der Waals surface area contributed by atoms with Crippen molar-refractivity contribution in [2.45, 2.75) is 33.1 Å². The van der Waals surface area contributed by atoms with E-state index in [0.717, 1.165) is 0 Å². The molecule has 0 aliphatic carbocycles. The van der Waals surface area contributed by atoms with Crippen LogP contribution in [0.15, 0.2) is 24.3 Å². The molecule has 104 valence electrons. The second-order valence-corrected chi connectivity index (χ2v) is 4.02. The van der Waals surface area contributed by atoms with Crippen LogP contribution >= 0.6 is 0 Å². The molecule has 0 aromatic heterocycles. The van der Waals surface area contributed by atoms with Gasteiger partial charge in [-0.15, -0.1) is 0 Å².